The maximum Gasteiger partial charge on any atom is 0.295 e. The molecule has 0 spiro atoms. The third-order valence-electron chi connectivity index (χ3n) is 4.84. The highest BCUT2D eigenvalue weighted by atomic mass is 35.5. The van der Waals surface area contributed by atoms with Crippen molar-refractivity contribution < 1.29 is 9.53 Å². The van der Waals surface area contributed by atoms with Crippen LogP contribution in [0.1, 0.15) is 21.7 Å². The summed E-state index contributed by atoms with van der Waals surface area (Å²) in [6, 6.07) is 20.4. The molecule has 156 valence electrons. The molecule has 31 heavy (non-hydrogen) atoms. The molecule has 0 fully saturated rings. The van der Waals surface area contributed by atoms with Gasteiger partial charge in [-0.05, 0) is 74.0 Å². The highest BCUT2D eigenvalue weighted by molar-refractivity contribution is 6.30. The molecule has 0 atom stereocenters. The Hall–Kier alpha value is -3.64. The topological polar surface area (TPSA) is 69.0 Å². The Labute approximate surface area is 185 Å². The van der Waals surface area contributed by atoms with Gasteiger partial charge in [0.15, 0.2) is 5.82 Å². The lowest BCUT2D eigenvalue weighted by molar-refractivity contribution is 0.101. The number of nitrogens with zero attached hydrogens (tertiary/aromatic N) is 3. The number of amides is 1. The lowest BCUT2D eigenvalue weighted by Crippen LogP contribution is -2.14. The second-order valence-electron chi connectivity index (χ2n) is 7.15. The zero-order chi connectivity index (χ0) is 22.0. The summed E-state index contributed by atoms with van der Waals surface area (Å²) in [5, 5.41) is 7.99. The van der Waals surface area contributed by atoms with E-state index in [1.165, 1.54) is 0 Å². The third kappa shape index (κ3) is 4.44. The van der Waals surface area contributed by atoms with Crippen LogP contribution in [0.2, 0.25) is 5.02 Å². The number of hydrogen-bond donors (Lipinski definition) is 1. The van der Waals surface area contributed by atoms with Crippen molar-refractivity contribution >= 4 is 23.2 Å². The first kappa shape index (κ1) is 20.6. The Balaban J connectivity index is 1.74. The first-order chi connectivity index (χ1) is 14.9. The molecule has 0 aliphatic heterocycles. The van der Waals surface area contributed by atoms with Crippen molar-refractivity contribution in [2.24, 2.45) is 0 Å². The number of hydrogen-bond acceptors (Lipinski definition) is 4. The summed E-state index contributed by atoms with van der Waals surface area (Å²) in [6.07, 6.45) is 0. The molecule has 0 aliphatic rings. The zero-order valence-electron chi connectivity index (χ0n) is 17.4. The minimum absolute atomic E-state index is 0.0701. The van der Waals surface area contributed by atoms with Crippen LogP contribution in [0.15, 0.2) is 66.7 Å². The second-order valence-corrected chi connectivity index (χ2v) is 7.59. The van der Waals surface area contributed by atoms with Gasteiger partial charge in [-0.2, -0.15) is 0 Å². The summed E-state index contributed by atoms with van der Waals surface area (Å²) in [7, 11) is 1.59. The van der Waals surface area contributed by atoms with Crippen molar-refractivity contribution in [1.82, 2.24) is 14.8 Å². The van der Waals surface area contributed by atoms with E-state index in [4.69, 9.17) is 16.3 Å². The molecule has 0 unspecified atom stereocenters. The minimum Gasteiger partial charge on any atom is -0.497 e. The number of anilines is 1. The molecule has 4 aromatic rings. The van der Waals surface area contributed by atoms with Crippen LogP contribution in [0.3, 0.4) is 0 Å². The van der Waals surface area contributed by atoms with E-state index >= 15 is 0 Å². The van der Waals surface area contributed by atoms with Crippen molar-refractivity contribution in [2.75, 3.05) is 12.4 Å². The number of carbonyl (C=O) groups is 1. The van der Waals surface area contributed by atoms with Gasteiger partial charge in [0, 0.05) is 16.3 Å². The molecule has 7 heteroatoms. The number of ether oxygens (including phenoxy) is 1. The van der Waals surface area contributed by atoms with E-state index in [0.717, 1.165) is 22.4 Å². The Morgan fingerprint density at radius 1 is 1.00 bits per heavy atom. The number of halogens is 1. The Morgan fingerprint density at radius 3 is 2.35 bits per heavy atom. The van der Waals surface area contributed by atoms with Crippen molar-refractivity contribution in [1.29, 1.82) is 0 Å². The molecule has 0 bridgehead atoms. The van der Waals surface area contributed by atoms with E-state index < -0.39 is 5.91 Å². The lowest BCUT2D eigenvalue weighted by atomic mass is 10.1. The zero-order valence-corrected chi connectivity index (χ0v) is 18.1. The van der Waals surface area contributed by atoms with Crippen LogP contribution >= 0.6 is 11.6 Å². The molecule has 0 saturated heterocycles. The van der Waals surface area contributed by atoms with Crippen LogP contribution in [0.4, 0.5) is 5.69 Å². The van der Waals surface area contributed by atoms with Crippen LogP contribution in [-0.4, -0.2) is 27.8 Å². The number of carbonyl (C=O) groups excluding carboxylic acids is 1. The summed E-state index contributed by atoms with van der Waals surface area (Å²) in [5.74, 6) is 0.938. The van der Waals surface area contributed by atoms with Crippen LogP contribution < -0.4 is 10.1 Å². The van der Waals surface area contributed by atoms with Gasteiger partial charge in [-0.3, -0.25) is 4.79 Å². The molecule has 0 saturated carbocycles. The summed E-state index contributed by atoms with van der Waals surface area (Å²) in [4.78, 5) is 17.4. The first-order valence-electron chi connectivity index (χ1n) is 9.70. The molecule has 3 aromatic carbocycles. The largest absolute Gasteiger partial charge is 0.497 e. The minimum atomic E-state index is -0.399. The Kier molecular flexibility index (Phi) is 5.73. The molecule has 1 heterocycles. The van der Waals surface area contributed by atoms with Gasteiger partial charge in [-0.1, -0.05) is 29.3 Å². The summed E-state index contributed by atoms with van der Waals surface area (Å²) in [6.45, 7) is 4.04. The van der Waals surface area contributed by atoms with Crippen molar-refractivity contribution in [3.05, 3.63) is 88.7 Å². The third-order valence-corrected chi connectivity index (χ3v) is 5.09. The first-order valence-corrected chi connectivity index (χ1v) is 10.1. The number of benzene rings is 3. The molecular weight excluding hydrogens is 412 g/mol. The van der Waals surface area contributed by atoms with Crippen LogP contribution in [0, 0.1) is 13.8 Å². The normalized spacial score (nSPS) is 10.7. The standard InChI is InChI=1S/C24H21ClN4O2/c1-15-4-13-21(16(2)14-15)29-23(17-5-7-18(25)8-6-17)27-22(28-29)24(30)26-19-9-11-20(31-3)12-10-19/h4-14H,1-3H3,(H,26,30). The number of methoxy groups -OCH3 is 1. The number of aromatic nitrogens is 3. The second kappa shape index (κ2) is 8.62. The molecule has 0 radical (unpaired) electrons. The van der Waals surface area contributed by atoms with Gasteiger partial charge in [0.25, 0.3) is 5.91 Å². The molecule has 4 rings (SSSR count). The van der Waals surface area contributed by atoms with Gasteiger partial charge in [0.2, 0.25) is 5.82 Å². The average molecular weight is 433 g/mol. The Bertz CT molecular complexity index is 1230. The van der Waals surface area contributed by atoms with Crippen LogP contribution in [-0.2, 0) is 0 Å². The van der Waals surface area contributed by atoms with Gasteiger partial charge in [0.05, 0.1) is 12.8 Å². The summed E-state index contributed by atoms with van der Waals surface area (Å²) < 4.78 is 6.85. The van der Waals surface area contributed by atoms with E-state index in [1.807, 2.05) is 38.1 Å². The Morgan fingerprint density at radius 2 is 1.71 bits per heavy atom. The fraction of sp³-hybridized carbons (Fsp3) is 0.125. The average Bonchev–Trinajstić information content (AvgIpc) is 3.20. The number of aryl methyl sites for hydroxylation is 2. The summed E-state index contributed by atoms with van der Waals surface area (Å²) in [5.41, 5.74) is 4.46. The van der Waals surface area contributed by atoms with Gasteiger partial charge in [-0.15, -0.1) is 5.10 Å². The highest BCUT2D eigenvalue weighted by Crippen LogP contribution is 2.25. The number of nitrogens with one attached hydrogen (secondary N) is 1. The maximum absolute atomic E-state index is 12.9. The van der Waals surface area contributed by atoms with Crippen LogP contribution in [0.5, 0.6) is 5.75 Å². The SMILES string of the molecule is COc1ccc(NC(=O)c2nc(-c3ccc(Cl)cc3)n(-c3ccc(C)cc3C)n2)cc1. The van der Waals surface area contributed by atoms with E-state index in [0.29, 0.717) is 22.3 Å². The van der Waals surface area contributed by atoms with Crippen LogP contribution in [0.25, 0.3) is 17.1 Å². The van der Waals surface area contributed by atoms with E-state index in [9.17, 15) is 4.79 Å². The van der Waals surface area contributed by atoms with Gasteiger partial charge in [-0.25, -0.2) is 9.67 Å². The van der Waals surface area contributed by atoms with E-state index in [-0.39, 0.29) is 5.82 Å². The van der Waals surface area contributed by atoms with Crippen molar-refractivity contribution in [3.63, 3.8) is 0 Å². The van der Waals surface area contributed by atoms with Gasteiger partial charge in [0.1, 0.15) is 5.75 Å². The predicted molar refractivity (Wildman–Crippen MR) is 122 cm³/mol. The quantitative estimate of drug-likeness (QED) is 0.454. The predicted octanol–water partition coefficient (Wildman–Crippen LogP) is 5.47. The highest BCUT2D eigenvalue weighted by Gasteiger charge is 2.20. The summed E-state index contributed by atoms with van der Waals surface area (Å²) >= 11 is 6.05. The van der Waals surface area contributed by atoms with Gasteiger partial charge >= 0.3 is 0 Å². The van der Waals surface area contributed by atoms with Crippen molar-refractivity contribution in [2.45, 2.75) is 13.8 Å². The molecule has 1 N–H and O–H groups in total. The molecule has 1 amide bonds. The molecule has 0 aliphatic carbocycles. The molecular formula is C24H21ClN4O2. The van der Waals surface area contributed by atoms with E-state index in [1.54, 1.807) is 48.2 Å². The van der Waals surface area contributed by atoms with Crippen molar-refractivity contribution in [3.8, 4) is 22.8 Å². The molecule has 1 aromatic heterocycles. The number of rotatable bonds is 5. The smallest absolute Gasteiger partial charge is 0.295 e. The monoisotopic (exact) mass is 432 g/mol. The molecule has 6 nitrogen and oxygen atoms in total. The lowest BCUT2D eigenvalue weighted by Gasteiger charge is -2.10. The van der Waals surface area contributed by atoms with Gasteiger partial charge < -0.3 is 10.1 Å². The fourth-order valence-corrected chi connectivity index (χ4v) is 3.39. The maximum atomic E-state index is 12.9. The fourth-order valence-electron chi connectivity index (χ4n) is 3.27. The van der Waals surface area contributed by atoms with E-state index in [2.05, 4.69) is 21.5 Å².